The minimum absolute atomic E-state index is 0.0648. The van der Waals surface area contributed by atoms with E-state index < -0.39 is 78.5 Å². The molecule has 58 heavy (non-hydrogen) atoms. The van der Waals surface area contributed by atoms with Crippen LogP contribution in [0.25, 0.3) is 0 Å². The van der Waals surface area contributed by atoms with Crippen LogP contribution in [0.5, 0.6) is 0 Å². The summed E-state index contributed by atoms with van der Waals surface area (Å²) in [7, 11) is 0. The molecule has 3 heterocycles. The molecule has 11 N–H and O–H groups in total. The van der Waals surface area contributed by atoms with Crippen molar-refractivity contribution < 1.29 is 48.4 Å². The quantitative estimate of drug-likeness (QED) is 0.0160. The second-order valence-corrected chi connectivity index (χ2v) is 16.9. The van der Waals surface area contributed by atoms with E-state index in [2.05, 4.69) is 49.8 Å². The first kappa shape index (κ1) is 48.1. The van der Waals surface area contributed by atoms with E-state index in [4.69, 9.17) is 10.9 Å². The zero-order valence-electron chi connectivity index (χ0n) is 33.1. The van der Waals surface area contributed by atoms with Gasteiger partial charge in [0.05, 0.1) is 25.2 Å². The van der Waals surface area contributed by atoms with Gasteiger partial charge in [-0.2, -0.15) is 24.4 Å². The van der Waals surface area contributed by atoms with Gasteiger partial charge >= 0.3 is 6.03 Å². The topological polar surface area (TPSA) is 299 Å². The number of hydrogen-bond donors (Lipinski definition) is 11. The fourth-order valence-electron chi connectivity index (χ4n) is 7.24. The lowest BCUT2D eigenvalue weighted by Crippen LogP contribution is -2.55. The smallest absolute Gasteiger partial charge is 0.315 e. The molecular weight excluding hydrogens is 797 g/mol. The average Bonchev–Trinajstić information content (AvgIpc) is 3.92. The number of amides is 10. The number of nitrogens with two attached hydrogens (primary N) is 1. The highest BCUT2D eigenvalue weighted by atomic mass is 32.2. The van der Waals surface area contributed by atoms with Crippen LogP contribution in [0.2, 0.25) is 0 Å². The van der Waals surface area contributed by atoms with Crippen molar-refractivity contribution in [1.82, 2.24) is 47.6 Å². The van der Waals surface area contributed by atoms with Gasteiger partial charge in [-0.3, -0.25) is 43.6 Å². The Morgan fingerprint density at radius 3 is 2.34 bits per heavy atom. The van der Waals surface area contributed by atoms with E-state index in [1.807, 2.05) is 25.6 Å². The van der Waals surface area contributed by atoms with Crippen LogP contribution in [0.4, 0.5) is 4.79 Å². The maximum Gasteiger partial charge on any atom is 0.315 e. The number of carbonyl (C=O) groups excluding carboxylic acids is 9. The molecule has 0 bridgehead atoms. The maximum absolute atomic E-state index is 13.4. The van der Waals surface area contributed by atoms with Crippen LogP contribution in [0.3, 0.4) is 0 Å². The van der Waals surface area contributed by atoms with E-state index in [9.17, 15) is 43.2 Å². The highest BCUT2D eigenvalue weighted by molar-refractivity contribution is 8.00. The van der Waals surface area contributed by atoms with E-state index in [-0.39, 0.29) is 55.1 Å². The molecule has 0 spiro atoms. The largest absolute Gasteiger partial charge is 0.368 e. The lowest BCUT2D eigenvalue weighted by molar-refractivity contribution is -0.145. The summed E-state index contributed by atoms with van der Waals surface area (Å²) in [5.74, 6) is -4.59. The summed E-state index contributed by atoms with van der Waals surface area (Å²) in [6.07, 6.45) is 5.14. The SMILES string of the molecule is CC(C)CC(CC(=O)NO)C(=O)N1CCC[C@H]1C(=O)N[C@@H](CS)C(=O)NCC(=O)NCC(=O)N[C@@H](CCCCNC(=O)CCCC[C@@H]1SC[C@@H]2NC(=O)N[C@@H]21)C(N)=O. The van der Waals surface area contributed by atoms with Crippen molar-refractivity contribution in [3.63, 3.8) is 0 Å². The second kappa shape index (κ2) is 24.6. The fourth-order valence-corrected chi connectivity index (χ4v) is 9.04. The molecule has 10 amide bonds. The molecule has 0 saturated carbocycles. The first-order valence-electron chi connectivity index (χ1n) is 19.9. The third-order valence-corrected chi connectivity index (χ3v) is 12.1. The molecule has 0 aromatic carbocycles. The molecular formula is C36H60N10O10S2. The summed E-state index contributed by atoms with van der Waals surface area (Å²) in [6.45, 7) is 3.41. The van der Waals surface area contributed by atoms with E-state index in [1.165, 1.54) is 4.90 Å². The van der Waals surface area contributed by atoms with Crippen molar-refractivity contribution in [3.05, 3.63) is 0 Å². The average molecular weight is 857 g/mol. The van der Waals surface area contributed by atoms with Gasteiger partial charge in [-0.05, 0) is 57.3 Å². The summed E-state index contributed by atoms with van der Waals surface area (Å²) in [4.78, 5) is 113. The van der Waals surface area contributed by atoms with E-state index in [0.717, 1.165) is 25.0 Å². The third kappa shape index (κ3) is 15.8. The number of unbranched alkanes of at least 4 members (excludes halogenated alkanes) is 2. The monoisotopic (exact) mass is 856 g/mol. The number of urea groups is 1. The number of hydroxylamine groups is 1. The molecule has 20 nitrogen and oxygen atoms in total. The molecule has 0 aromatic heterocycles. The van der Waals surface area contributed by atoms with Crippen molar-refractivity contribution in [2.45, 2.75) is 120 Å². The number of hydrogen-bond acceptors (Lipinski definition) is 12. The minimum Gasteiger partial charge on any atom is -0.368 e. The van der Waals surface area contributed by atoms with Crippen molar-refractivity contribution in [2.75, 3.05) is 37.7 Å². The van der Waals surface area contributed by atoms with Crippen molar-refractivity contribution >= 4 is 77.7 Å². The summed E-state index contributed by atoms with van der Waals surface area (Å²) < 4.78 is 0. The number of thioether (sulfide) groups is 1. The molecule has 0 aliphatic carbocycles. The standard InChI is InChI=1S/C36H60N10O10S2/c1-20(2)14-21(15-28(48)45-56)35(54)46-13-7-9-25(46)34(53)42-23(18-57)33(52)40-16-29(49)39-17-30(50)41-22(32(37)51)8-5-6-12-38-27(47)11-4-3-10-26-31-24(19-58-26)43-36(55)44-31/h20-26,31,56-57H,3-19H2,1-2H3,(H2,37,51)(H,38,47)(H,39,49)(H,40,52)(H,41,50)(H,42,53)(H,45,48)(H2,43,44,55)/t21?,22-,23-,24-,25-,26-,31-/m0/s1. The number of primary amides is 1. The lowest BCUT2D eigenvalue weighted by Gasteiger charge is -2.29. The predicted octanol–water partition coefficient (Wildman–Crippen LogP) is -1.84. The van der Waals surface area contributed by atoms with Crippen molar-refractivity contribution in [2.24, 2.45) is 17.6 Å². The molecule has 1 unspecified atom stereocenters. The molecule has 0 aromatic rings. The molecule has 22 heteroatoms. The fraction of sp³-hybridized carbons (Fsp3) is 0.750. The van der Waals surface area contributed by atoms with Crippen LogP contribution in [-0.2, 0) is 38.4 Å². The second-order valence-electron chi connectivity index (χ2n) is 15.2. The number of fused-ring (bicyclic) bond motifs is 1. The van der Waals surface area contributed by atoms with Crippen molar-refractivity contribution in [1.29, 1.82) is 0 Å². The van der Waals surface area contributed by atoms with Crippen molar-refractivity contribution in [3.8, 4) is 0 Å². The van der Waals surface area contributed by atoms with Gasteiger partial charge in [0.25, 0.3) is 0 Å². The third-order valence-electron chi connectivity index (χ3n) is 10.2. The molecule has 3 aliphatic heterocycles. The van der Waals surface area contributed by atoms with Crippen LogP contribution in [0.1, 0.15) is 84.5 Å². The van der Waals surface area contributed by atoms with Crippen LogP contribution >= 0.6 is 24.4 Å². The summed E-state index contributed by atoms with van der Waals surface area (Å²) in [5.41, 5.74) is 7.00. The van der Waals surface area contributed by atoms with E-state index in [1.54, 1.807) is 5.48 Å². The number of likely N-dealkylation sites (tertiary alicyclic amines) is 1. The summed E-state index contributed by atoms with van der Waals surface area (Å²) >= 11 is 5.99. The van der Waals surface area contributed by atoms with Gasteiger partial charge in [0.1, 0.15) is 18.1 Å². The predicted molar refractivity (Wildman–Crippen MR) is 216 cm³/mol. The Morgan fingerprint density at radius 2 is 1.66 bits per heavy atom. The van der Waals surface area contributed by atoms with Gasteiger partial charge < -0.3 is 47.9 Å². The number of nitrogens with one attached hydrogen (secondary N) is 8. The first-order valence-corrected chi connectivity index (χ1v) is 21.5. The van der Waals surface area contributed by atoms with Crippen LogP contribution in [-0.4, -0.2) is 137 Å². The van der Waals surface area contributed by atoms with Gasteiger partial charge in [-0.25, -0.2) is 10.3 Å². The summed E-state index contributed by atoms with van der Waals surface area (Å²) in [6, 6.07) is -2.85. The van der Waals surface area contributed by atoms with E-state index in [0.29, 0.717) is 50.3 Å². The number of carbonyl (C=O) groups is 9. The molecule has 7 atom stereocenters. The Kier molecular flexibility index (Phi) is 20.4. The Bertz CT molecular complexity index is 1490. The Hall–Kier alpha value is -4.31. The highest BCUT2D eigenvalue weighted by Gasteiger charge is 2.43. The zero-order chi connectivity index (χ0) is 42.8. The maximum atomic E-state index is 13.4. The van der Waals surface area contributed by atoms with Gasteiger partial charge in [-0.15, -0.1) is 0 Å². The molecule has 3 fully saturated rings. The lowest BCUT2D eigenvalue weighted by atomic mass is 9.92. The van der Waals surface area contributed by atoms with Gasteiger partial charge in [0.15, 0.2) is 0 Å². The highest BCUT2D eigenvalue weighted by Crippen LogP contribution is 2.33. The van der Waals surface area contributed by atoms with Crippen LogP contribution in [0.15, 0.2) is 0 Å². The van der Waals surface area contributed by atoms with Gasteiger partial charge in [-0.1, -0.05) is 20.3 Å². The van der Waals surface area contributed by atoms with Gasteiger partial charge in [0, 0.05) is 48.6 Å². The van der Waals surface area contributed by atoms with Crippen LogP contribution in [0, 0.1) is 11.8 Å². The number of thiol groups is 1. The Morgan fingerprint density at radius 1 is 0.914 bits per heavy atom. The van der Waals surface area contributed by atoms with E-state index >= 15 is 0 Å². The Balaban J connectivity index is 1.30. The minimum atomic E-state index is -1.16. The summed E-state index contributed by atoms with van der Waals surface area (Å²) in [5, 5.41) is 27.8. The molecule has 3 saturated heterocycles. The number of nitrogens with zero attached hydrogens (tertiary/aromatic N) is 1. The number of rotatable bonds is 25. The molecule has 3 rings (SSSR count). The normalized spacial score (nSPS) is 21.1. The Labute approximate surface area is 347 Å². The molecule has 0 radical (unpaired) electrons. The first-order chi connectivity index (χ1) is 27.6. The zero-order valence-corrected chi connectivity index (χ0v) is 34.9. The molecule has 3 aliphatic rings. The molecule has 326 valence electrons. The van der Waals surface area contributed by atoms with Gasteiger partial charge in [0.2, 0.25) is 47.3 Å². The van der Waals surface area contributed by atoms with Crippen LogP contribution < -0.4 is 48.4 Å².